The molecule has 1 heterocycles. The van der Waals surface area contributed by atoms with E-state index >= 15 is 0 Å². The van der Waals surface area contributed by atoms with Gasteiger partial charge in [-0.15, -0.1) is 0 Å². The quantitative estimate of drug-likeness (QED) is 0.577. The summed E-state index contributed by atoms with van der Waals surface area (Å²) in [5, 5.41) is 12.0. The number of nitrogens with two attached hydrogens (primary N) is 1. The minimum Gasteiger partial charge on any atom is -0.496 e. The van der Waals surface area contributed by atoms with E-state index in [4.69, 9.17) is 10.5 Å². The molecule has 2 aromatic rings. The van der Waals surface area contributed by atoms with Crippen molar-refractivity contribution in [2.24, 2.45) is 11.7 Å². The number of nitrogens with zero attached hydrogens (tertiary/aromatic N) is 1. The normalized spacial score (nSPS) is 17.9. The molecule has 31 heavy (non-hydrogen) atoms. The average Bonchev–Trinajstić information content (AvgIpc) is 2.74. The molecule has 5 heteroatoms. The fourth-order valence-corrected chi connectivity index (χ4v) is 5.14. The molecule has 0 aliphatic heterocycles. The van der Waals surface area contributed by atoms with E-state index in [1.807, 2.05) is 32.1 Å². The number of aliphatic hydroxyl groups is 1. The van der Waals surface area contributed by atoms with E-state index in [9.17, 15) is 9.50 Å². The van der Waals surface area contributed by atoms with Crippen LogP contribution in [0.4, 0.5) is 4.39 Å². The van der Waals surface area contributed by atoms with Crippen LogP contribution in [0.25, 0.3) is 6.08 Å². The Hall–Kier alpha value is -2.40. The molecule has 1 atom stereocenters. The third-order valence-corrected chi connectivity index (χ3v) is 6.57. The van der Waals surface area contributed by atoms with Crippen molar-refractivity contribution < 1.29 is 14.2 Å². The van der Waals surface area contributed by atoms with E-state index in [0.29, 0.717) is 24.3 Å². The van der Waals surface area contributed by atoms with Crippen molar-refractivity contribution in [3.05, 3.63) is 65.4 Å². The lowest BCUT2D eigenvalue weighted by molar-refractivity contribution is -0.0535. The first-order valence-electron chi connectivity index (χ1n) is 11.2. The molecule has 0 saturated heterocycles. The predicted octanol–water partition coefficient (Wildman–Crippen LogP) is 5.60. The minimum absolute atomic E-state index is 0.157. The van der Waals surface area contributed by atoms with Crippen molar-refractivity contribution in [3.63, 3.8) is 0 Å². The van der Waals surface area contributed by atoms with Crippen LogP contribution in [0.1, 0.15) is 69.9 Å². The molecule has 0 amide bonds. The molecular formula is C26H35FN2O2. The lowest BCUT2D eigenvalue weighted by atomic mass is 9.66. The van der Waals surface area contributed by atoms with Crippen LogP contribution < -0.4 is 10.5 Å². The van der Waals surface area contributed by atoms with E-state index in [2.05, 4.69) is 4.98 Å². The third kappa shape index (κ3) is 5.85. The van der Waals surface area contributed by atoms with Gasteiger partial charge in [0.2, 0.25) is 0 Å². The van der Waals surface area contributed by atoms with Gasteiger partial charge in [0.15, 0.2) is 0 Å². The Balaban J connectivity index is 1.93. The lowest BCUT2D eigenvalue weighted by Crippen LogP contribution is -2.45. The Bertz CT molecular complexity index is 892. The van der Waals surface area contributed by atoms with E-state index in [0.717, 1.165) is 36.8 Å². The van der Waals surface area contributed by atoms with Crippen LogP contribution in [0.3, 0.4) is 0 Å². The first kappa shape index (κ1) is 23.3. The van der Waals surface area contributed by atoms with Crippen molar-refractivity contribution >= 4 is 6.08 Å². The summed E-state index contributed by atoms with van der Waals surface area (Å²) in [6.45, 7) is 4.09. The molecule has 1 saturated carbocycles. The fraction of sp³-hybridized carbons (Fsp3) is 0.500. The average molecular weight is 427 g/mol. The van der Waals surface area contributed by atoms with Crippen LogP contribution in [0.15, 0.2) is 48.4 Å². The van der Waals surface area contributed by atoms with Crippen molar-refractivity contribution in [3.8, 4) is 5.75 Å². The number of rotatable bonds is 8. The standard InChI is InChI=1S/C26H35FN2O2/c1-25(2,23-16-21(27)9-10-24(23)31-3)18-26(30,20-7-5-4-6-8-20)17-22(28)15-19-11-13-29-14-12-19/h9-16,20,30H,4-8,17-18,28H2,1-3H3/b22-15-. The van der Waals surface area contributed by atoms with Gasteiger partial charge in [-0.2, -0.15) is 0 Å². The highest BCUT2D eigenvalue weighted by Crippen LogP contribution is 2.45. The molecule has 168 valence electrons. The number of halogens is 1. The zero-order chi connectivity index (χ0) is 22.5. The molecule has 1 aromatic heterocycles. The second kappa shape index (κ2) is 9.82. The zero-order valence-corrected chi connectivity index (χ0v) is 18.9. The first-order chi connectivity index (χ1) is 14.7. The molecule has 1 unspecified atom stereocenters. The highest BCUT2D eigenvalue weighted by Gasteiger charge is 2.43. The van der Waals surface area contributed by atoms with Crippen molar-refractivity contribution in [2.75, 3.05) is 7.11 Å². The van der Waals surface area contributed by atoms with Gasteiger partial charge in [0, 0.05) is 30.1 Å². The van der Waals surface area contributed by atoms with Crippen LogP contribution >= 0.6 is 0 Å². The molecule has 1 aliphatic carbocycles. The van der Waals surface area contributed by atoms with Crippen molar-refractivity contribution in [1.82, 2.24) is 4.98 Å². The third-order valence-electron chi connectivity index (χ3n) is 6.57. The maximum Gasteiger partial charge on any atom is 0.123 e. The summed E-state index contributed by atoms with van der Waals surface area (Å²) in [5.41, 5.74) is 7.31. The number of pyridine rings is 1. The predicted molar refractivity (Wildman–Crippen MR) is 123 cm³/mol. The highest BCUT2D eigenvalue weighted by molar-refractivity contribution is 5.51. The van der Waals surface area contributed by atoms with Gasteiger partial charge in [0.1, 0.15) is 11.6 Å². The second-order valence-corrected chi connectivity index (χ2v) is 9.52. The molecule has 1 aromatic carbocycles. The van der Waals surface area contributed by atoms with Gasteiger partial charge < -0.3 is 15.6 Å². The molecule has 1 fully saturated rings. The monoisotopic (exact) mass is 426 g/mol. The summed E-state index contributed by atoms with van der Waals surface area (Å²) in [6, 6.07) is 8.38. The Labute approximate surface area is 185 Å². The largest absolute Gasteiger partial charge is 0.496 e. The number of methoxy groups -OCH3 is 1. The maximum atomic E-state index is 14.1. The van der Waals surface area contributed by atoms with Crippen molar-refractivity contribution in [2.45, 2.75) is 69.8 Å². The Morgan fingerprint density at radius 3 is 2.52 bits per heavy atom. The number of aromatic nitrogens is 1. The topological polar surface area (TPSA) is 68.4 Å². The van der Waals surface area contributed by atoms with Gasteiger partial charge in [0.05, 0.1) is 12.7 Å². The summed E-state index contributed by atoms with van der Waals surface area (Å²) in [7, 11) is 1.59. The molecule has 3 rings (SSSR count). The number of hydrogen-bond acceptors (Lipinski definition) is 4. The molecule has 0 spiro atoms. The van der Waals surface area contributed by atoms with Gasteiger partial charge in [-0.3, -0.25) is 4.98 Å². The first-order valence-corrected chi connectivity index (χ1v) is 11.2. The number of hydrogen-bond donors (Lipinski definition) is 2. The van der Waals surface area contributed by atoms with E-state index in [1.165, 1.54) is 18.6 Å². The van der Waals surface area contributed by atoms with Crippen LogP contribution in [-0.2, 0) is 5.41 Å². The van der Waals surface area contributed by atoms with E-state index in [-0.39, 0.29) is 11.7 Å². The summed E-state index contributed by atoms with van der Waals surface area (Å²) >= 11 is 0. The van der Waals surface area contributed by atoms with Gasteiger partial charge >= 0.3 is 0 Å². The highest BCUT2D eigenvalue weighted by atomic mass is 19.1. The van der Waals surface area contributed by atoms with Crippen LogP contribution in [-0.4, -0.2) is 22.8 Å². The summed E-state index contributed by atoms with van der Waals surface area (Å²) in [6.07, 6.45) is 11.6. The Kier molecular flexibility index (Phi) is 7.37. The summed E-state index contributed by atoms with van der Waals surface area (Å²) in [5.74, 6) is 0.490. The van der Waals surface area contributed by atoms with E-state index in [1.54, 1.807) is 25.6 Å². The number of ether oxygens (including phenoxy) is 1. The second-order valence-electron chi connectivity index (χ2n) is 9.52. The Morgan fingerprint density at radius 2 is 1.87 bits per heavy atom. The van der Waals surface area contributed by atoms with Gasteiger partial charge in [-0.05, 0) is 72.6 Å². The smallest absolute Gasteiger partial charge is 0.123 e. The molecule has 0 radical (unpaired) electrons. The molecule has 3 N–H and O–H groups in total. The van der Waals surface area contributed by atoms with Crippen LogP contribution in [0.5, 0.6) is 5.75 Å². The lowest BCUT2D eigenvalue weighted by Gasteiger charge is -2.44. The van der Waals surface area contributed by atoms with Crippen molar-refractivity contribution in [1.29, 1.82) is 0 Å². The summed E-state index contributed by atoms with van der Waals surface area (Å²) < 4.78 is 19.6. The van der Waals surface area contributed by atoms with Gasteiger partial charge in [0.25, 0.3) is 0 Å². The zero-order valence-electron chi connectivity index (χ0n) is 18.9. The maximum absolute atomic E-state index is 14.1. The van der Waals surface area contributed by atoms with Gasteiger partial charge in [-0.1, -0.05) is 33.1 Å². The SMILES string of the molecule is COc1ccc(F)cc1C(C)(C)CC(O)(C/C(N)=C/c1ccncc1)C1CCCCC1. The molecule has 0 bridgehead atoms. The van der Waals surface area contributed by atoms with E-state index < -0.39 is 11.0 Å². The summed E-state index contributed by atoms with van der Waals surface area (Å²) in [4.78, 5) is 4.04. The fourth-order valence-electron chi connectivity index (χ4n) is 5.14. The number of benzene rings is 1. The van der Waals surface area contributed by atoms with Crippen LogP contribution in [0, 0.1) is 11.7 Å². The van der Waals surface area contributed by atoms with Crippen LogP contribution in [0.2, 0.25) is 0 Å². The molecular weight excluding hydrogens is 391 g/mol. The minimum atomic E-state index is -0.991. The van der Waals surface area contributed by atoms with Gasteiger partial charge in [-0.25, -0.2) is 4.39 Å². The Morgan fingerprint density at radius 1 is 1.19 bits per heavy atom. The molecule has 4 nitrogen and oxygen atoms in total. The molecule has 1 aliphatic rings.